The maximum atomic E-state index is 2.46. The van der Waals surface area contributed by atoms with Crippen molar-refractivity contribution >= 4 is 123 Å². The lowest BCUT2D eigenvalue weighted by Gasteiger charge is -2.32. The molecule has 0 unspecified atom stereocenters. The second kappa shape index (κ2) is 35.5. The monoisotopic (exact) mass is 1570 g/mol. The number of hydrogen-bond donors (Lipinski definition) is 0. The smallest absolute Gasteiger partial charge is 0.0468 e. The molecule has 122 heavy (non-hydrogen) atoms. The van der Waals surface area contributed by atoms with E-state index in [4.69, 9.17) is 0 Å². The topological polar surface area (TPSA) is 13.0 Å². The molecule has 0 saturated heterocycles. The fourth-order valence-electron chi connectivity index (χ4n) is 16.9. The zero-order valence-electron chi connectivity index (χ0n) is 70.7. The summed E-state index contributed by atoms with van der Waals surface area (Å²) in [7, 11) is 0. The van der Waals surface area contributed by atoms with Crippen molar-refractivity contribution in [3.05, 3.63) is 459 Å². The van der Waals surface area contributed by atoms with Gasteiger partial charge in [-0.15, -0.1) is 0 Å². The van der Waals surface area contributed by atoms with E-state index in [1.807, 2.05) is 0 Å². The first-order chi connectivity index (χ1) is 59.7. The molecule has 592 valence electrons. The van der Waals surface area contributed by atoms with Gasteiger partial charge >= 0.3 is 0 Å². The van der Waals surface area contributed by atoms with Gasteiger partial charge in [0.2, 0.25) is 0 Å². The molecule has 1 fully saturated rings. The van der Waals surface area contributed by atoms with Crippen LogP contribution in [0.1, 0.15) is 121 Å². The number of aryl methyl sites for hydroxylation is 7. The summed E-state index contributed by atoms with van der Waals surface area (Å²) >= 11 is 0. The van der Waals surface area contributed by atoms with E-state index in [0.717, 1.165) is 135 Å². The van der Waals surface area contributed by atoms with Crippen LogP contribution in [0.15, 0.2) is 370 Å². The van der Waals surface area contributed by atoms with E-state index < -0.39 is 0 Å². The van der Waals surface area contributed by atoms with Crippen LogP contribution in [0.4, 0.5) is 68.2 Å². The molecule has 16 aromatic carbocycles. The molecule has 2 aliphatic carbocycles. The highest BCUT2D eigenvalue weighted by atomic mass is 15.2. The van der Waals surface area contributed by atoms with Crippen LogP contribution in [0.2, 0.25) is 0 Å². The van der Waals surface area contributed by atoms with Gasteiger partial charge in [-0.2, -0.15) is 0 Å². The Morgan fingerprint density at radius 3 is 0.516 bits per heavy atom. The van der Waals surface area contributed by atoms with Crippen molar-refractivity contribution in [3.63, 3.8) is 0 Å². The normalized spacial score (nSPS) is 12.4. The number of rotatable bonds is 21. The molecule has 4 heteroatoms. The molecule has 0 bridgehead atoms. The third kappa shape index (κ3) is 17.9. The second-order valence-corrected chi connectivity index (χ2v) is 33.1. The number of hydrogen-bond acceptors (Lipinski definition) is 4. The number of anilines is 12. The minimum Gasteiger partial charge on any atom is -0.310 e. The highest BCUT2D eigenvalue weighted by Gasteiger charge is 2.29. The summed E-state index contributed by atoms with van der Waals surface area (Å²) in [6.45, 7) is 15.1. The van der Waals surface area contributed by atoms with Gasteiger partial charge < -0.3 is 19.6 Å². The standard InChI is InChI=1S/C118H100N4/c1-82-13-27-89(28-14-82)33-37-93-45-61-103(62-46-93)119(99-53-19-85(4)20-54-99)107-69-73-111-115(78-107)112-74-70-108(120(100-55-21-86(5)22-56-100)104-63-47-94(48-64-104)38-34-90-29-15-83(2)16-30-90)80-117(112)114-76-72-110(122(102-59-25-88(7)26-60-102)106-67-51-96(52-68-106)40-36-92-41-43-98(44-42-92)77-97-11-9-8-10-12-97)81-118(114)113-75-71-109(79-116(111)113)121(101-57-23-87(6)24-58-101)105-65-49-95(50-66-105)39-35-91-31-17-84(3)18-32-91/h13-81H,8-12H2,1-7H3. The Kier molecular flexibility index (Phi) is 22.9. The SMILES string of the molecule is Cc1ccc(C=Cc2ccc(N(c3ccc(C)cc3)c3ccc4c(c3)-c3ccc(N(c5ccc(C)cc5)c5ccc(C=Cc6ccc(C)cc6)cc5)cc3-c3ccc(N(c5ccc(C)cc5)c5ccc(C=Cc6ccc(C=C7CCCCC7)cc6)cc5)cc3-c3ccc(N(c5ccc(C)cc5)c5ccc(C=Cc6ccc(C)cc6)cc5)cc3-4)cc2)cc1. The minimum absolute atomic E-state index is 1.03. The average molecular weight is 1570 g/mol. The molecule has 1 saturated carbocycles. The zero-order chi connectivity index (χ0) is 83.0. The summed E-state index contributed by atoms with van der Waals surface area (Å²) < 4.78 is 0. The summed E-state index contributed by atoms with van der Waals surface area (Å²) in [5.41, 5.74) is 41.9. The maximum Gasteiger partial charge on any atom is 0.0468 e. The van der Waals surface area contributed by atoms with Crippen LogP contribution in [0, 0.1) is 48.5 Å². The Morgan fingerprint density at radius 1 is 0.156 bits per heavy atom. The van der Waals surface area contributed by atoms with Crippen molar-refractivity contribution in [1.29, 1.82) is 0 Å². The predicted molar refractivity (Wildman–Crippen MR) is 526 cm³/mol. The molecule has 0 spiro atoms. The molecule has 0 amide bonds. The molecule has 0 aliphatic heterocycles. The highest BCUT2D eigenvalue weighted by Crippen LogP contribution is 2.54. The van der Waals surface area contributed by atoms with Crippen molar-refractivity contribution in [1.82, 2.24) is 0 Å². The molecule has 16 aromatic rings. The van der Waals surface area contributed by atoms with E-state index in [2.05, 4.69) is 487 Å². The lowest BCUT2D eigenvalue weighted by Crippen LogP contribution is -2.12. The van der Waals surface area contributed by atoms with Gasteiger partial charge in [0, 0.05) is 68.2 Å². The number of allylic oxidation sites excluding steroid dienone is 1. The summed E-state index contributed by atoms with van der Waals surface area (Å²) in [6, 6.07) is 136. The van der Waals surface area contributed by atoms with Crippen LogP contribution >= 0.6 is 0 Å². The van der Waals surface area contributed by atoms with Crippen molar-refractivity contribution in [2.75, 3.05) is 19.6 Å². The van der Waals surface area contributed by atoms with E-state index in [1.165, 1.54) is 98.9 Å². The quantitative estimate of drug-likeness (QED) is 0.0665. The van der Waals surface area contributed by atoms with Crippen molar-refractivity contribution in [2.45, 2.75) is 80.6 Å². The van der Waals surface area contributed by atoms with Crippen LogP contribution in [0.3, 0.4) is 0 Å². The second-order valence-electron chi connectivity index (χ2n) is 33.1. The summed E-state index contributed by atoms with van der Waals surface area (Å²) in [5, 5.41) is 0. The Labute approximate surface area is 721 Å². The van der Waals surface area contributed by atoms with E-state index in [-0.39, 0.29) is 0 Å². The molecule has 0 N–H and O–H groups in total. The number of nitrogens with zero attached hydrogens (tertiary/aromatic N) is 4. The third-order valence-corrected chi connectivity index (χ3v) is 23.9. The summed E-state index contributed by atoms with van der Waals surface area (Å²) in [4.78, 5) is 9.70. The molecule has 18 rings (SSSR count). The molecular formula is C118H100N4. The van der Waals surface area contributed by atoms with Crippen molar-refractivity contribution in [3.8, 4) is 44.5 Å². The molecule has 0 radical (unpaired) electrons. The van der Waals surface area contributed by atoms with Gasteiger partial charge in [0.05, 0.1) is 0 Å². The Bertz CT molecular complexity index is 6020. The first kappa shape index (κ1) is 78.6. The Morgan fingerprint density at radius 2 is 0.311 bits per heavy atom. The Balaban J connectivity index is 0.839. The van der Waals surface area contributed by atoms with Gasteiger partial charge in [-0.05, 0) is 314 Å². The predicted octanol–water partition coefficient (Wildman–Crippen LogP) is 33.7. The fraction of sp³-hybridized carbons (Fsp3) is 0.102. The van der Waals surface area contributed by atoms with Crippen LogP contribution < -0.4 is 19.6 Å². The van der Waals surface area contributed by atoms with E-state index in [1.54, 1.807) is 5.57 Å². The van der Waals surface area contributed by atoms with Crippen molar-refractivity contribution < 1.29 is 0 Å². The number of benzene rings is 16. The fourth-order valence-corrected chi connectivity index (χ4v) is 16.9. The average Bonchev–Trinajstić information content (AvgIpc) is 0.726. The Hall–Kier alpha value is -14.6. The minimum atomic E-state index is 1.03. The zero-order valence-corrected chi connectivity index (χ0v) is 70.7. The molecule has 0 aromatic heterocycles. The van der Waals surface area contributed by atoms with E-state index >= 15 is 0 Å². The van der Waals surface area contributed by atoms with Gasteiger partial charge in [0.1, 0.15) is 0 Å². The first-order valence-electron chi connectivity index (χ1n) is 42.9. The molecule has 0 heterocycles. The van der Waals surface area contributed by atoms with Gasteiger partial charge in [0.25, 0.3) is 0 Å². The van der Waals surface area contributed by atoms with Gasteiger partial charge in [-0.1, -0.05) is 324 Å². The van der Waals surface area contributed by atoms with Crippen LogP contribution in [-0.4, -0.2) is 0 Å². The molecule has 0 atom stereocenters. The van der Waals surface area contributed by atoms with E-state index in [0.29, 0.717) is 0 Å². The van der Waals surface area contributed by atoms with Crippen LogP contribution in [0.5, 0.6) is 0 Å². The molecular weight excluding hydrogens is 1470 g/mol. The highest BCUT2D eigenvalue weighted by molar-refractivity contribution is 6.07. The van der Waals surface area contributed by atoms with E-state index in [9.17, 15) is 0 Å². The van der Waals surface area contributed by atoms with Crippen molar-refractivity contribution in [2.24, 2.45) is 0 Å². The van der Waals surface area contributed by atoms with Crippen LogP contribution in [0.25, 0.3) is 99.2 Å². The third-order valence-electron chi connectivity index (χ3n) is 23.9. The summed E-state index contributed by atoms with van der Waals surface area (Å²) in [5.74, 6) is 0. The lowest BCUT2D eigenvalue weighted by atomic mass is 9.80. The van der Waals surface area contributed by atoms with Gasteiger partial charge in [-0.25, -0.2) is 0 Å². The van der Waals surface area contributed by atoms with Gasteiger partial charge in [0.15, 0.2) is 0 Å². The molecule has 4 nitrogen and oxygen atoms in total. The van der Waals surface area contributed by atoms with Crippen LogP contribution in [-0.2, 0) is 0 Å². The molecule has 2 aliphatic rings. The van der Waals surface area contributed by atoms with Gasteiger partial charge in [-0.3, -0.25) is 0 Å². The maximum absolute atomic E-state index is 2.46. The lowest BCUT2D eigenvalue weighted by molar-refractivity contribution is 0.602. The first-order valence-corrected chi connectivity index (χ1v) is 42.9. The summed E-state index contributed by atoms with van der Waals surface area (Å²) in [6.07, 6.45) is 26.5. The number of fused-ring (bicyclic) bond motifs is 8. The largest absolute Gasteiger partial charge is 0.310 e.